The molecule has 0 aliphatic rings. The van der Waals surface area contributed by atoms with Gasteiger partial charge in [0.1, 0.15) is 19.3 Å². The first-order valence-electron chi connectivity index (χ1n) is 26.1. The van der Waals surface area contributed by atoms with E-state index in [9.17, 15) is 19.0 Å². The van der Waals surface area contributed by atoms with Crippen LogP contribution in [0.3, 0.4) is 0 Å². The highest BCUT2D eigenvalue weighted by atomic mass is 31.2. The topological polar surface area (TPSA) is 114 Å². The molecule has 0 aliphatic heterocycles. The molecule has 3 unspecified atom stereocenters. The van der Waals surface area contributed by atoms with Crippen LogP contribution in [0.2, 0.25) is 0 Å². The average molecular weight is 919 g/mol. The van der Waals surface area contributed by atoms with Crippen LogP contribution in [0.1, 0.15) is 220 Å². The molecule has 0 heterocycles. The van der Waals surface area contributed by atoms with Gasteiger partial charge in [0.25, 0.3) is 7.82 Å². The van der Waals surface area contributed by atoms with Crippen LogP contribution in [0.25, 0.3) is 0 Å². The minimum atomic E-state index is -4.70. The fourth-order valence-corrected chi connectivity index (χ4v) is 7.86. The summed E-state index contributed by atoms with van der Waals surface area (Å²) in [6.45, 7) is 6.66. The van der Waals surface area contributed by atoms with Gasteiger partial charge >= 0.3 is 5.97 Å². The summed E-state index contributed by atoms with van der Waals surface area (Å²) < 4.78 is 30.0. The Labute approximate surface area is 394 Å². The quantitative estimate of drug-likeness (QED) is 0.0213. The Kier molecular flexibility index (Phi) is 42.9. The number of nitrogens with one attached hydrogen (secondary N) is 1. The molecular weight excluding hydrogens is 820 g/mol. The van der Waals surface area contributed by atoms with Gasteiger partial charge in [0.2, 0.25) is 5.91 Å². The number of quaternary nitrogens is 1. The summed E-state index contributed by atoms with van der Waals surface area (Å²) in [6, 6.07) is -0.913. The molecule has 9 nitrogen and oxygen atoms in total. The number of unbranched alkanes of at least 4 members (excludes halogenated alkanes) is 22. The number of hydrogen-bond acceptors (Lipinski definition) is 7. The zero-order chi connectivity index (χ0) is 47.3. The first-order chi connectivity index (χ1) is 30.9. The molecule has 0 spiro atoms. The highest BCUT2D eigenvalue weighted by Gasteiger charge is 2.27. The number of allylic oxidation sites excluding steroid dienone is 9. The predicted molar refractivity (Wildman–Crippen MR) is 270 cm³/mol. The van der Waals surface area contributed by atoms with Crippen LogP contribution in [0.15, 0.2) is 60.8 Å². The monoisotopic (exact) mass is 919 g/mol. The first-order valence-corrected chi connectivity index (χ1v) is 27.6. The third-order valence-electron chi connectivity index (χ3n) is 11.2. The fourth-order valence-electron chi connectivity index (χ4n) is 7.14. The van der Waals surface area contributed by atoms with Crippen molar-refractivity contribution in [3.63, 3.8) is 0 Å². The summed E-state index contributed by atoms with van der Waals surface area (Å²) in [5, 5.41) is 2.99. The van der Waals surface area contributed by atoms with E-state index in [4.69, 9.17) is 13.8 Å². The molecule has 10 heteroatoms. The van der Waals surface area contributed by atoms with E-state index < -0.39 is 32.5 Å². The predicted octanol–water partition coefficient (Wildman–Crippen LogP) is 14.5. The maximum Gasteiger partial charge on any atom is 0.306 e. The molecule has 0 fully saturated rings. The summed E-state index contributed by atoms with van der Waals surface area (Å²) in [7, 11) is 1.15. The summed E-state index contributed by atoms with van der Waals surface area (Å²) in [5.41, 5.74) is 0. The number of carbonyl (C=O) groups excluding carboxylic acids is 2. The van der Waals surface area contributed by atoms with Gasteiger partial charge < -0.3 is 28.5 Å². The Morgan fingerprint density at radius 3 is 1.52 bits per heavy atom. The molecule has 0 aromatic carbocycles. The molecule has 0 aromatic rings. The standard InChI is InChI=1S/C54H99N2O7P/c1-7-10-13-16-19-22-25-27-29-31-34-37-40-43-46-53(57)55-51(50-62-64(59,60)61-49-48-56(4,5)6)52(45-42-39-36-33-30-24-21-18-15-12-9-3)63-54(58)47-44-41-38-35-32-28-26-23-20-17-14-11-8-2/h10,13,19,22,28,32,38,41-42,45,51-52H,7-9,11-12,14-18,20-21,23-27,29-31,33-37,39-40,43-44,46-50H2,1-6H3,(H-,55,57,59,60)/b13-10+,22-19+,32-28-,41-38+,45-42+. The second-order valence-electron chi connectivity index (χ2n) is 18.6. The minimum absolute atomic E-state index is 0.0330. The Bertz CT molecular complexity index is 1290. The second kappa shape index (κ2) is 44.5. The molecule has 0 bridgehead atoms. The van der Waals surface area contributed by atoms with E-state index in [2.05, 4.69) is 68.6 Å². The summed E-state index contributed by atoms with van der Waals surface area (Å²) in [6.07, 6.45) is 53.4. The third-order valence-corrected chi connectivity index (χ3v) is 12.2. The number of hydrogen-bond donors (Lipinski definition) is 1. The van der Waals surface area contributed by atoms with E-state index >= 15 is 0 Å². The zero-order valence-electron chi connectivity index (χ0n) is 42.2. The van der Waals surface area contributed by atoms with Crippen molar-refractivity contribution in [1.29, 1.82) is 0 Å². The fraction of sp³-hybridized carbons (Fsp3) is 0.778. The normalized spacial score (nSPS) is 14.4. The maximum atomic E-state index is 13.4. The van der Waals surface area contributed by atoms with Crippen LogP contribution in [-0.4, -0.2) is 69.4 Å². The molecule has 64 heavy (non-hydrogen) atoms. The number of esters is 1. The number of amides is 1. The number of ether oxygens (including phenoxy) is 1. The van der Waals surface area contributed by atoms with E-state index in [1.165, 1.54) is 103 Å². The van der Waals surface area contributed by atoms with Gasteiger partial charge in [0, 0.05) is 12.8 Å². The Morgan fingerprint density at radius 1 is 0.562 bits per heavy atom. The van der Waals surface area contributed by atoms with Crippen molar-refractivity contribution in [1.82, 2.24) is 5.32 Å². The van der Waals surface area contributed by atoms with Crippen molar-refractivity contribution in [2.75, 3.05) is 40.9 Å². The van der Waals surface area contributed by atoms with E-state index in [-0.39, 0.29) is 18.9 Å². The molecular formula is C54H99N2O7P. The number of phosphoric ester groups is 1. The summed E-state index contributed by atoms with van der Waals surface area (Å²) in [4.78, 5) is 39.6. The molecule has 1 amide bonds. The number of nitrogens with zero attached hydrogens (tertiary/aromatic N) is 1. The Hall–Kier alpha value is -2.29. The average Bonchev–Trinajstić information content (AvgIpc) is 3.25. The van der Waals surface area contributed by atoms with Crippen LogP contribution < -0.4 is 10.2 Å². The zero-order valence-corrected chi connectivity index (χ0v) is 43.1. The smallest absolute Gasteiger partial charge is 0.306 e. The van der Waals surface area contributed by atoms with Crippen LogP contribution >= 0.6 is 7.82 Å². The number of carbonyl (C=O) groups is 2. The lowest BCUT2D eigenvalue weighted by atomic mass is 10.1. The van der Waals surface area contributed by atoms with Crippen molar-refractivity contribution >= 4 is 19.7 Å². The van der Waals surface area contributed by atoms with Gasteiger partial charge in [-0.2, -0.15) is 0 Å². The first kappa shape index (κ1) is 61.7. The molecule has 3 atom stereocenters. The van der Waals surface area contributed by atoms with Gasteiger partial charge in [0.15, 0.2) is 0 Å². The van der Waals surface area contributed by atoms with E-state index in [0.29, 0.717) is 23.9 Å². The van der Waals surface area contributed by atoms with E-state index in [1.807, 2.05) is 33.3 Å². The van der Waals surface area contributed by atoms with E-state index in [0.717, 1.165) is 77.0 Å². The van der Waals surface area contributed by atoms with E-state index in [1.54, 1.807) is 6.08 Å². The molecule has 1 N–H and O–H groups in total. The van der Waals surface area contributed by atoms with Crippen molar-refractivity contribution in [3.05, 3.63) is 60.8 Å². The Balaban J connectivity index is 5.50. The van der Waals surface area contributed by atoms with Gasteiger partial charge in [-0.25, -0.2) is 0 Å². The molecule has 0 rings (SSSR count). The molecule has 0 saturated carbocycles. The molecule has 0 radical (unpaired) electrons. The number of phosphoric acid groups is 1. The Morgan fingerprint density at radius 2 is 1.02 bits per heavy atom. The van der Waals surface area contributed by atoms with Crippen molar-refractivity contribution < 1.29 is 37.3 Å². The highest BCUT2D eigenvalue weighted by molar-refractivity contribution is 7.45. The SMILES string of the molecule is CC/C=C/C/C=C/CCCCCCCCCC(=O)NC(COP(=O)([O-])OCC[N+](C)(C)C)C(/C=C/CCCCCCCCCCC)OC(=O)CC/C=C/C/C=C\CCCCCCCC. The summed E-state index contributed by atoms with van der Waals surface area (Å²) >= 11 is 0. The summed E-state index contributed by atoms with van der Waals surface area (Å²) in [5.74, 6) is -0.633. The van der Waals surface area contributed by atoms with Gasteiger partial charge in [-0.05, 0) is 76.7 Å². The van der Waals surface area contributed by atoms with Gasteiger partial charge in [0.05, 0.1) is 33.8 Å². The van der Waals surface area contributed by atoms with Crippen LogP contribution in [0.5, 0.6) is 0 Å². The van der Waals surface area contributed by atoms with Crippen molar-refractivity contribution in [2.45, 2.75) is 232 Å². The van der Waals surface area contributed by atoms with Crippen LogP contribution in [0, 0.1) is 0 Å². The largest absolute Gasteiger partial charge is 0.756 e. The molecule has 0 aromatic heterocycles. The lowest BCUT2D eigenvalue weighted by molar-refractivity contribution is -0.870. The maximum absolute atomic E-state index is 13.4. The number of likely N-dealkylation sites (N-methyl/N-ethyl adjacent to an activating group) is 1. The molecule has 372 valence electrons. The second-order valence-corrected chi connectivity index (χ2v) is 20.0. The van der Waals surface area contributed by atoms with Crippen LogP contribution in [0.4, 0.5) is 0 Å². The molecule has 0 aliphatic carbocycles. The molecule has 0 saturated heterocycles. The van der Waals surface area contributed by atoms with Gasteiger partial charge in [-0.3, -0.25) is 14.2 Å². The lowest BCUT2D eigenvalue weighted by Gasteiger charge is -2.30. The number of rotatable bonds is 46. The third kappa shape index (κ3) is 44.9. The minimum Gasteiger partial charge on any atom is -0.756 e. The van der Waals surface area contributed by atoms with Gasteiger partial charge in [-0.1, -0.05) is 191 Å². The highest BCUT2D eigenvalue weighted by Crippen LogP contribution is 2.38. The van der Waals surface area contributed by atoms with Crippen molar-refractivity contribution in [2.24, 2.45) is 0 Å². The van der Waals surface area contributed by atoms with Crippen LogP contribution in [-0.2, 0) is 27.9 Å². The van der Waals surface area contributed by atoms with Crippen molar-refractivity contribution in [3.8, 4) is 0 Å². The van der Waals surface area contributed by atoms with Gasteiger partial charge in [-0.15, -0.1) is 0 Å². The lowest BCUT2D eigenvalue weighted by Crippen LogP contribution is -2.47.